The number of nitrogens with zero attached hydrogens (tertiary/aromatic N) is 1. The molecule has 0 aliphatic carbocycles. The third kappa shape index (κ3) is 2.85. The highest BCUT2D eigenvalue weighted by atomic mass is 35.5. The summed E-state index contributed by atoms with van der Waals surface area (Å²) in [4.78, 5) is 11.8. The van der Waals surface area contributed by atoms with Gasteiger partial charge in [0.25, 0.3) is 5.91 Å². The Hall–Kier alpha value is -1.81. The van der Waals surface area contributed by atoms with E-state index in [1.807, 2.05) is 0 Å². The number of aryl methyl sites for hydroxylation is 1. The monoisotopic (exact) mass is 250 g/mol. The molecule has 0 aliphatic heterocycles. The van der Waals surface area contributed by atoms with Crippen molar-refractivity contribution in [1.29, 1.82) is 0 Å². The maximum Gasteiger partial charge on any atom is 0.251 e. The molecule has 1 amide bonds. The molecule has 5 heteroatoms. The molecule has 0 atom stereocenters. The number of nitrogens with one attached hydrogen (secondary N) is 1. The molecule has 0 aliphatic rings. The number of hydrogen-bond donors (Lipinski definition) is 1. The highest BCUT2D eigenvalue weighted by Gasteiger charge is 2.08. The Bertz CT molecular complexity index is 537. The van der Waals surface area contributed by atoms with Crippen molar-refractivity contribution in [3.63, 3.8) is 0 Å². The third-order valence-electron chi connectivity index (χ3n) is 2.38. The van der Waals surface area contributed by atoms with Crippen molar-refractivity contribution in [1.82, 2.24) is 10.5 Å². The quantitative estimate of drug-likeness (QED) is 0.911. The average molecular weight is 251 g/mol. The highest BCUT2D eigenvalue weighted by Crippen LogP contribution is 2.11. The molecule has 0 spiro atoms. The van der Waals surface area contributed by atoms with Crippen molar-refractivity contribution in [2.45, 2.75) is 13.5 Å². The molecule has 2 aromatic rings. The van der Waals surface area contributed by atoms with Gasteiger partial charge < -0.3 is 9.84 Å². The smallest absolute Gasteiger partial charge is 0.251 e. The average Bonchev–Trinajstić information content (AvgIpc) is 2.72. The summed E-state index contributed by atoms with van der Waals surface area (Å²) in [5.74, 6) is 0.532. The number of amides is 1. The van der Waals surface area contributed by atoms with Gasteiger partial charge >= 0.3 is 0 Å². The van der Waals surface area contributed by atoms with E-state index in [2.05, 4.69) is 10.5 Å². The van der Waals surface area contributed by atoms with E-state index < -0.39 is 0 Å². The summed E-state index contributed by atoms with van der Waals surface area (Å²) in [5.41, 5.74) is 1.40. The van der Waals surface area contributed by atoms with Crippen LogP contribution < -0.4 is 5.32 Å². The van der Waals surface area contributed by atoms with E-state index in [-0.39, 0.29) is 5.91 Å². The molecule has 17 heavy (non-hydrogen) atoms. The van der Waals surface area contributed by atoms with Crippen molar-refractivity contribution in [2.75, 3.05) is 0 Å². The molecule has 1 aromatic heterocycles. The van der Waals surface area contributed by atoms with Gasteiger partial charge in [0.15, 0.2) is 0 Å². The Balaban J connectivity index is 2.01. The number of benzene rings is 1. The summed E-state index contributed by atoms with van der Waals surface area (Å²) in [6.07, 6.45) is 1.59. The number of hydrogen-bond acceptors (Lipinski definition) is 3. The molecular weight excluding hydrogens is 240 g/mol. The predicted molar refractivity (Wildman–Crippen MR) is 63.9 cm³/mol. The van der Waals surface area contributed by atoms with Gasteiger partial charge in [-0.15, -0.1) is 0 Å². The second kappa shape index (κ2) is 5.01. The maximum atomic E-state index is 11.8. The van der Waals surface area contributed by atoms with Gasteiger partial charge in [0, 0.05) is 22.7 Å². The second-order valence-electron chi connectivity index (χ2n) is 3.60. The SMILES string of the molecule is Cc1oncc1CNC(=O)c1cccc(Cl)c1. The zero-order chi connectivity index (χ0) is 12.3. The summed E-state index contributed by atoms with van der Waals surface area (Å²) < 4.78 is 4.90. The molecule has 0 radical (unpaired) electrons. The fraction of sp³-hybridized carbons (Fsp3) is 0.167. The Morgan fingerprint density at radius 3 is 3.00 bits per heavy atom. The Morgan fingerprint density at radius 2 is 2.35 bits per heavy atom. The van der Waals surface area contributed by atoms with Crippen molar-refractivity contribution in [2.24, 2.45) is 0 Å². The molecular formula is C12H11ClN2O2. The highest BCUT2D eigenvalue weighted by molar-refractivity contribution is 6.30. The largest absolute Gasteiger partial charge is 0.361 e. The first-order valence-corrected chi connectivity index (χ1v) is 5.48. The molecule has 1 heterocycles. The zero-order valence-electron chi connectivity index (χ0n) is 9.24. The molecule has 1 aromatic carbocycles. The Kier molecular flexibility index (Phi) is 3.44. The predicted octanol–water partition coefficient (Wildman–Crippen LogP) is 2.57. The molecule has 1 N–H and O–H groups in total. The van der Waals surface area contributed by atoms with E-state index in [0.29, 0.717) is 22.9 Å². The van der Waals surface area contributed by atoms with Crippen LogP contribution >= 0.6 is 11.6 Å². The first-order valence-electron chi connectivity index (χ1n) is 5.11. The van der Waals surface area contributed by atoms with E-state index >= 15 is 0 Å². The standard InChI is InChI=1S/C12H11ClN2O2/c1-8-10(7-15-17-8)6-14-12(16)9-3-2-4-11(13)5-9/h2-5,7H,6H2,1H3,(H,14,16). The number of rotatable bonds is 3. The molecule has 0 bridgehead atoms. The van der Waals surface area contributed by atoms with Crippen molar-refractivity contribution < 1.29 is 9.32 Å². The van der Waals surface area contributed by atoms with Crippen molar-refractivity contribution in [3.05, 3.63) is 52.4 Å². The van der Waals surface area contributed by atoms with Crippen LogP contribution in [0.3, 0.4) is 0 Å². The van der Waals surface area contributed by atoms with E-state index in [9.17, 15) is 4.79 Å². The van der Waals surface area contributed by atoms with Crippen molar-refractivity contribution in [3.8, 4) is 0 Å². The van der Waals surface area contributed by atoms with Crippen LogP contribution in [-0.2, 0) is 6.54 Å². The van der Waals surface area contributed by atoms with Crippen LogP contribution in [0.2, 0.25) is 5.02 Å². The molecule has 0 saturated carbocycles. The Labute approximate surface area is 104 Å². The van der Waals surface area contributed by atoms with Crippen LogP contribution in [-0.4, -0.2) is 11.1 Å². The lowest BCUT2D eigenvalue weighted by Crippen LogP contribution is -2.22. The lowest BCUT2D eigenvalue weighted by Gasteiger charge is -2.04. The normalized spacial score (nSPS) is 10.2. The lowest BCUT2D eigenvalue weighted by atomic mass is 10.2. The number of carbonyl (C=O) groups excluding carboxylic acids is 1. The van der Waals surface area contributed by atoms with Gasteiger partial charge in [0.1, 0.15) is 5.76 Å². The van der Waals surface area contributed by atoms with Gasteiger partial charge in [-0.3, -0.25) is 4.79 Å². The minimum atomic E-state index is -0.173. The van der Waals surface area contributed by atoms with Gasteiger partial charge in [-0.2, -0.15) is 0 Å². The summed E-state index contributed by atoms with van der Waals surface area (Å²) in [6, 6.07) is 6.80. The zero-order valence-corrected chi connectivity index (χ0v) is 9.99. The van der Waals surface area contributed by atoms with E-state index in [1.165, 1.54) is 0 Å². The van der Waals surface area contributed by atoms with Crippen molar-refractivity contribution >= 4 is 17.5 Å². The second-order valence-corrected chi connectivity index (χ2v) is 4.04. The van der Waals surface area contributed by atoms with Crippen LogP contribution in [0.25, 0.3) is 0 Å². The Morgan fingerprint density at radius 1 is 1.53 bits per heavy atom. The topological polar surface area (TPSA) is 55.1 Å². The van der Waals surface area contributed by atoms with E-state index in [1.54, 1.807) is 37.4 Å². The summed E-state index contributed by atoms with van der Waals surface area (Å²) in [5, 5.41) is 6.95. The van der Waals surface area contributed by atoms with E-state index in [0.717, 1.165) is 5.56 Å². The van der Waals surface area contributed by atoms with Crippen LogP contribution in [0.15, 0.2) is 35.0 Å². The fourth-order valence-electron chi connectivity index (χ4n) is 1.40. The summed E-state index contributed by atoms with van der Waals surface area (Å²) >= 11 is 5.81. The molecule has 88 valence electrons. The van der Waals surface area contributed by atoms with Gasteiger partial charge in [0.05, 0.1) is 6.20 Å². The number of aromatic nitrogens is 1. The van der Waals surface area contributed by atoms with Gasteiger partial charge in [-0.1, -0.05) is 22.8 Å². The van der Waals surface area contributed by atoms with Crippen LogP contribution in [0.1, 0.15) is 21.7 Å². The van der Waals surface area contributed by atoms with Gasteiger partial charge in [0.2, 0.25) is 0 Å². The molecule has 0 unspecified atom stereocenters. The van der Waals surface area contributed by atoms with Crippen LogP contribution in [0.5, 0.6) is 0 Å². The van der Waals surface area contributed by atoms with Gasteiger partial charge in [-0.25, -0.2) is 0 Å². The minimum absolute atomic E-state index is 0.173. The molecule has 0 fully saturated rings. The minimum Gasteiger partial charge on any atom is -0.361 e. The third-order valence-corrected chi connectivity index (χ3v) is 2.61. The number of carbonyl (C=O) groups is 1. The summed E-state index contributed by atoms with van der Waals surface area (Å²) in [6.45, 7) is 2.19. The summed E-state index contributed by atoms with van der Waals surface area (Å²) in [7, 11) is 0. The lowest BCUT2D eigenvalue weighted by molar-refractivity contribution is 0.0951. The first kappa shape index (κ1) is 11.7. The van der Waals surface area contributed by atoms with E-state index in [4.69, 9.17) is 16.1 Å². The molecule has 0 saturated heterocycles. The fourth-order valence-corrected chi connectivity index (χ4v) is 1.59. The molecule has 2 rings (SSSR count). The van der Waals surface area contributed by atoms with Crippen LogP contribution in [0.4, 0.5) is 0 Å². The number of halogens is 1. The molecule has 4 nitrogen and oxygen atoms in total. The van der Waals surface area contributed by atoms with Crippen LogP contribution in [0, 0.1) is 6.92 Å². The first-order chi connectivity index (χ1) is 8.16. The maximum absolute atomic E-state index is 11.8. The van der Waals surface area contributed by atoms with Gasteiger partial charge in [-0.05, 0) is 25.1 Å².